The summed E-state index contributed by atoms with van der Waals surface area (Å²) in [5.41, 5.74) is 8.94. The minimum absolute atomic E-state index is 0. The van der Waals surface area contributed by atoms with E-state index in [0.717, 1.165) is 24.1 Å². The van der Waals surface area contributed by atoms with Crippen molar-refractivity contribution < 1.29 is 35.8 Å². The maximum Gasteiger partial charge on any atom is 0.356 e. The molecule has 0 aliphatic carbocycles. The molecule has 0 unspecified atom stereocenters. The van der Waals surface area contributed by atoms with Crippen molar-refractivity contribution in [1.82, 2.24) is 9.47 Å². The first-order valence-corrected chi connectivity index (χ1v) is 9.12. The molecule has 3 rings (SSSR count). The number of nitrogens with zero attached hydrogens (tertiary/aromatic N) is 3. The Morgan fingerprint density at radius 1 is 1.10 bits per heavy atom. The SMILES string of the molecule is COc1ccc(C(=O)C[n+]2c(N)n(CCN(C)C)c3ccccc32)cc1OC.[Br-]. The van der Waals surface area contributed by atoms with Gasteiger partial charge in [0, 0.05) is 12.1 Å². The van der Waals surface area contributed by atoms with Crippen LogP contribution in [0.4, 0.5) is 5.95 Å². The number of para-hydroxylation sites is 2. The number of rotatable bonds is 8. The number of benzene rings is 2. The molecule has 0 atom stereocenters. The lowest BCUT2D eigenvalue weighted by Gasteiger charge is -2.09. The summed E-state index contributed by atoms with van der Waals surface area (Å²) in [7, 11) is 7.17. The first-order chi connectivity index (χ1) is 13.5. The monoisotopic (exact) mass is 462 g/mol. The Bertz CT molecular complexity index is 1000. The quantitative estimate of drug-likeness (QED) is 0.342. The predicted octanol–water partition coefficient (Wildman–Crippen LogP) is -1.02. The largest absolute Gasteiger partial charge is 1.00 e. The fraction of sp³-hybridized carbons (Fsp3) is 0.333. The number of halogens is 1. The van der Waals surface area contributed by atoms with Gasteiger partial charge in [0.15, 0.2) is 17.3 Å². The normalized spacial score (nSPS) is 10.8. The van der Waals surface area contributed by atoms with E-state index in [0.29, 0.717) is 23.0 Å². The van der Waals surface area contributed by atoms with Gasteiger partial charge in [0.1, 0.15) is 17.6 Å². The Morgan fingerprint density at radius 2 is 1.79 bits per heavy atom. The van der Waals surface area contributed by atoms with Crippen molar-refractivity contribution in [2.24, 2.45) is 0 Å². The molecule has 2 N–H and O–H groups in total. The summed E-state index contributed by atoms with van der Waals surface area (Å²) in [6.45, 7) is 1.75. The number of hydrogen-bond donors (Lipinski definition) is 1. The lowest BCUT2D eigenvalue weighted by Crippen LogP contribution is -3.00. The summed E-state index contributed by atoms with van der Waals surface area (Å²) in [6, 6.07) is 13.1. The Morgan fingerprint density at radius 3 is 2.45 bits per heavy atom. The van der Waals surface area contributed by atoms with Crippen molar-refractivity contribution in [3.63, 3.8) is 0 Å². The van der Waals surface area contributed by atoms with E-state index in [9.17, 15) is 4.79 Å². The van der Waals surface area contributed by atoms with E-state index in [1.807, 2.05) is 42.9 Å². The lowest BCUT2D eigenvalue weighted by atomic mass is 10.1. The highest BCUT2D eigenvalue weighted by Gasteiger charge is 2.23. The number of ketones is 1. The minimum atomic E-state index is -0.0480. The molecule has 0 saturated carbocycles. The molecule has 3 aromatic rings. The number of Topliss-reactive ketones (excluding diaryl/α,β-unsaturated/α-hetero) is 1. The molecule has 0 aliphatic heterocycles. The summed E-state index contributed by atoms with van der Waals surface area (Å²) >= 11 is 0. The molecule has 0 bridgehead atoms. The number of likely N-dealkylation sites (N-methyl/N-ethyl adjacent to an activating group) is 1. The third kappa shape index (κ3) is 4.71. The molecule has 0 fully saturated rings. The van der Waals surface area contributed by atoms with Crippen LogP contribution >= 0.6 is 0 Å². The number of hydrogen-bond acceptors (Lipinski definition) is 5. The zero-order chi connectivity index (χ0) is 20.3. The highest BCUT2D eigenvalue weighted by Crippen LogP contribution is 2.28. The molecular weight excluding hydrogens is 436 g/mol. The van der Waals surface area contributed by atoms with Gasteiger partial charge in [-0.3, -0.25) is 10.5 Å². The molecule has 0 amide bonds. The summed E-state index contributed by atoms with van der Waals surface area (Å²) in [4.78, 5) is 15.1. The Kier molecular flexibility index (Phi) is 7.64. The second-order valence-corrected chi connectivity index (χ2v) is 6.88. The molecular formula is C21H27BrN4O3. The van der Waals surface area contributed by atoms with Crippen molar-refractivity contribution in [2.45, 2.75) is 13.1 Å². The minimum Gasteiger partial charge on any atom is -1.00 e. The van der Waals surface area contributed by atoms with Crippen molar-refractivity contribution in [3.8, 4) is 11.5 Å². The molecule has 156 valence electrons. The van der Waals surface area contributed by atoms with Gasteiger partial charge in [0.2, 0.25) is 0 Å². The number of carbonyl (C=O) groups excluding carboxylic acids is 1. The van der Waals surface area contributed by atoms with E-state index >= 15 is 0 Å². The third-order valence-corrected chi connectivity index (χ3v) is 4.79. The van der Waals surface area contributed by atoms with Gasteiger partial charge in [-0.1, -0.05) is 12.1 Å². The van der Waals surface area contributed by atoms with E-state index in [2.05, 4.69) is 9.47 Å². The molecule has 8 heteroatoms. The summed E-state index contributed by atoms with van der Waals surface area (Å²) in [6.07, 6.45) is 0. The number of nitrogen functional groups attached to an aromatic ring is 1. The van der Waals surface area contributed by atoms with Crippen LogP contribution in [-0.4, -0.2) is 50.1 Å². The number of methoxy groups -OCH3 is 2. The van der Waals surface area contributed by atoms with Gasteiger partial charge >= 0.3 is 5.95 Å². The van der Waals surface area contributed by atoms with Crippen molar-refractivity contribution in [3.05, 3.63) is 48.0 Å². The first-order valence-electron chi connectivity index (χ1n) is 9.12. The average molecular weight is 463 g/mol. The molecule has 0 aliphatic rings. The van der Waals surface area contributed by atoms with E-state index in [4.69, 9.17) is 15.2 Å². The number of ether oxygens (including phenoxy) is 2. The Labute approximate surface area is 181 Å². The number of aromatic nitrogens is 2. The maximum absolute atomic E-state index is 13.0. The van der Waals surface area contributed by atoms with Gasteiger partial charge in [-0.2, -0.15) is 0 Å². The highest BCUT2D eigenvalue weighted by atomic mass is 79.9. The highest BCUT2D eigenvalue weighted by molar-refractivity contribution is 5.96. The molecule has 2 aromatic carbocycles. The standard InChI is InChI=1S/C21H26N4O3.BrH/c1-23(2)11-12-24-16-7-5-6-8-17(16)25(21(24)22)14-18(26)15-9-10-19(27-3)20(13-15)28-4;/h5-10,13,22H,11-12,14H2,1-4H3;1H. The number of fused-ring (bicyclic) bond motifs is 1. The lowest BCUT2D eigenvalue weighted by molar-refractivity contribution is -0.642. The number of anilines is 1. The topological polar surface area (TPSA) is 73.6 Å². The van der Waals surface area contributed by atoms with Crippen LogP contribution in [0.3, 0.4) is 0 Å². The van der Waals surface area contributed by atoms with Gasteiger partial charge in [-0.05, 0) is 44.4 Å². The number of imidazole rings is 1. The van der Waals surface area contributed by atoms with Crippen molar-refractivity contribution in [1.29, 1.82) is 0 Å². The second kappa shape index (κ2) is 9.76. The Hall–Kier alpha value is -2.58. The van der Waals surface area contributed by atoms with Gasteiger partial charge in [0.05, 0.1) is 20.8 Å². The van der Waals surface area contributed by atoms with Crippen LogP contribution in [0.5, 0.6) is 11.5 Å². The third-order valence-electron chi connectivity index (χ3n) is 4.79. The smallest absolute Gasteiger partial charge is 0.356 e. The van der Waals surface area contributed by atoms with Gasteiger partial charge in [-0.25, -0.2) is 9.13 Å². The average Bonchev–Trinajstić information content (AvgIpc) is 2.97. The van der Waals surface area contributed by atoms with Crippen LogP contribution in [0.2, 0.25) is 0 Å². The second-order valence-electron chi connectivity index (χ2n) is 6.88. The summed E-state index contributed by atoms with van der Waals surface area (Å²) < 4.78 is 14.5. The molecule has 0 saturated heterocycles. The van der Waals surface area contributed by atoms with Crippen LogP contribution in [0.1, 0.15) is 10.4 Å². The molecule has 29 heavy (non-hydrogen) atoms. The number of nitrogens with two attached hydrogens (primary N) is 1. The van der Waals surface area contributed by atoms with E-state index in [1.165, 1.54) is 0 Å². The van der Waals surface area contributed by atoms with Gasteiger partial charge < -0.3 is 31.4 Å². The van der Waals surface area contributed by atoms with Crippen LogP contribution in [-0.2, 0) is 13.1 Å². The molecule has 0 spiro atoms. The van der Waals surface area contributed by atoms with Gasteiger partial charge in [0.25, 0.3) is 0 Å². The molecule has 0 radical (unpaired) electrons. The fourth-order valence-corrected chi connectivity index (χ4v) is 3.26. The van der Waals surface area contributed by atoms with Crippen molar-refractivity contribution >= 4 is 22.8 Å². The number of carbonyl (C=O) groups is 1. The zero-order valence-corrected chi connectivity index (χ0v) is 18.8. The molecule has 7 nitrogen and oxygen atoms in total. The first kappa shape index (κ1) is 22.7. The summed E-state index contributed by atoms with van der Waals surface area (Å²) in [5, 5.41) is 0. The van der Waals surface area contributed by atoms with Gasteiger partial charge in [-0.15, -0.1) is 0 Å². The van der Waals surface area contributed by atoms with E-state index < -0.39 is 0 Å². The fourth-order valence-electron chi connectivity index (χ4n) is 3.26. The van der Waals surface area contributed by atoms with E-state index in [1.54, 1.807) is 32.4 Å². The zero-order valence-electron chi connectivity index (χ0n) is 17.2. The predicted molar refractivity (Wildman–Crippen MR) is 109 cm³/mol. The maximum atomic E-state index is 13.0. The van der Waals surface area contributed by atoms with Crippen LogP contribution in [0.15, 0.2) is 42.5 Å². The molecule has 1 heterocycles. The molecule has 1 aromatic heterocycles. The summed E-state index contributed by atoms with van der Waals surface area (Å²) in [5.74, 6) is 1.64. The van der Waals surface area contributed by atoms with Crippen LogP contribution in [0, 0.1) is 0 Å². The van der Waals surface area contributed by atoms with Crippen molar-refractivity contribution in [2.75, 3.05) is 40.6 Å². The van der Waals surface area contributed by atoms with E-state index in [-0.39, 0.29) is 29.3 Å². The Balaban J connectivity index is 0.00000300. The van der Waals surface area contributed by atoms with Crippen LogP contribution < -0.4 is 36.8 Å². The van der Waals surface area contributed by atoms with Crippen LogP contribution in [0.25, 0.3) is 11.0 Å².